The highest BCUT2D eigenvalue weighted by atomic mass is 35.5. The molecule has 0 aliphatic heterocycles. The van der Waals surface area contributed by atoms with Crippen LogP contribution < -0.4 is 5.32 Å². The molecule has 126 valence electrons. The highest BCUT2D eigenvalue weighted by molar-refractivity contribution is 6.31. The molecule has 0 spiro atoms. The monoisotopic (exact) mass is 355 g/mol. The molecule has 6 nitrogen and oxygen atoms in total. The third-order valence-electron chi connectivity index (χ3n) is 3.53. The first-order valence-electron chi connectivity index (χ1n) is 7.47. The van der Waals surface area contributed by atoms with Crippen molar-refractivity contribution in [1.82, 2.24) is 9.97 Å². The lowest BCUT2D eigenvalue weighted by Gasteiger charge is -2.10. The van der Waals surface area contributed by atoms with E-state index < -0.39 is 18.5 Å². The maximum atomic E-state index is 12.2. The Hall–Kier alpha value is -2.99. The summed E-state index contributed by atoms with van der Waals surface area (Å²) in [6.07, 6.45) is 3.03. The Labute approximate surface area is 148 Å². The van der Waals surface area contributed by atoms with Crippen LogP contribution >= 0.6 is 11.6 Å². The highest BCUT2D eigenvalue weighted by Crippen LogP contribution is 2.20. The summed E-state index contributed by atoms with van der Waals surface area (Å²) in [5, 5.41) is 3.17. The maximum absolute atomic E-state index is 12.2. The summed E-state index contributed by atoms with van der Waals surface area (Å²) in [7, 11) is 0. The number of ether oxygens (including phenoxy) is 1. The van der Waals surface area contributed by atoms with E-state index in [-0.39, 0.29) is 5.56 Å². The van der Waals surface area contributed by atoms with Crippen LogP contribution in [0.3, 0.4) is 0 Å². The van der Waals surface area contributed by atoms with Gasteiger partial charge in [-0.3, -0.25) is 14.8 Å². The van der Waals surface area contributed by atoms with E-state index >= 15 is 0 Å². The first-order chi connectivity index (χ1) is 12.0. The van der Waals surface area contributed by atoms with Crippen LogP contribution in [-0.2, 0) is 9.53 Å². The fourth-order valence-corrected chi connectivity index (χ4v) is 2.45. The van der Waals surface area contributed by atoms with Gasteiger partial charge in [0.25, 0.3) is 5.91 Å². The molecule has 0 aliphatic carbocycles. The predicted octanol–water partition coefficient (Wildman–Crippen LogP) is 3.39. The van der Waals surface area contributed by atoms with Crippen LogP contribution in [0, 0.1) is 6.92 Å². The summed E-state index contributed by atoms with van der Waals surface area (Å²) in [4.78, 5) is 32.5. The van der Waals surface area contributed by atoms with Crippen molar-refractivity contribution in [1.29, 1.82) is 0 Å². The van der Waals surface area contributed by atoms with E-state index in [2.05, 4.69) is 15.3 Å². The number of hydrogen-bond acceptors (Lipinski definition) is 5. The van der Waals surface area contributed by atoms with Gasteiger partial charge in [0.15, 0.2) is 6.61 Å². The fourth-order valence-electron chi connectivity index (χ4n) is 2.28. The summed E-state index contributed by atoms with van der Waals surface area (Å²) in [5.74, 6) is -1.09. The number of para-hydroxylation sites is 1. The van der Waals surface area contributed by atoms with Crippen molar-refractivity contribution in [3.05, 3.63) is 64.9 Å². The number of benzene rings is 2. The van der Waals surface area contributed by atoms with Gasteiger partial charge in [-0.25, -0.2) is 4.79 Å². The minimum absolute atomic E-state index is 0.261. The van der Waals surface area contributed by atoms with Crippen LogP contribution in [0.25, 0.3) is 11.0 Å². The molecule has 2 aromatic carbocycles. The number of amides is 1. The molecular formula is C18H14ClN3O3. The number of rotatable bonds is 4. The number of nitrogens with one attached hydrogen (secondary N) is 1. The number of aromatic nitrogens is 2. The van der Waals surface area contributed by atoms with Crippen LogP contribution in [-0.4, -0.2) is 28.5 Å². The molecule has 0 aliphatic rings. The number of hydrogen-bond donors (Lipinski definition) is 1. The molecule has 3 aromatic rings. The van der Waals surface area contributed by atoms with Gasteiger partial charge < -0.3 is 10.1 Å². The quantitative estimate of drug-likeness (QED) is 0.725. The topological polar surface area (TPSA) is 81.2 Å². The number of halogens is 1. The molecule has 1 N–H and O–H groups in total. The van der Waals surface area contributed by atoms with Crippen LogP contribution in [0.15, 0.2) is 48.8 Å². The normalized spacial score (nSPS) is 10.5. The molecule has 0 bridgehead atoms. The minimum Gasteiger partial charge on any atom is -0.452 e. The van der Waals surface area contributed by atoms with E-state index in [1.807, 2.05) is 6.92 Å². The number of aryl methyl sites for hydroxylation is 1. The summed E-state index contributed by atoms with van der Waals surface area (Å²) >= 11 is 5.91. The average molecular weight is 356 g/mol. The number of esters is 1. The SMILES string of the molecule is Cc1ccc(Cl)cc1NC(=O)COC(=O)c1cccc2nccnc12. The van der Waals surface area contributed by atoms with E-state index in [9.17, 15) is 9.59 Å². The smallest absolute Gasteiger partial charge is 0.340 e. The Balaban J connectivity index is 1.67. The molecule has 1 heterocycles. The van der Waals surface area contributed by atoms with Crippen molar-refractivity contribution in [2.75, 3.05) is 11.9 Å². The van der Waals surface area contributed by atoms with E-state index in [0.717, 1.165) is 5.56 Å². The van der Waals surface area contributed by atoms with E-state index in [1.54, 1.807) is 36.4 Å². The number of fused-ring (bicyclic) bond motifs is 1. The second kappa shape index (κ2) is 7.27. The Kier molecular flexibility index (Phi) is 4.90. The Morgan fingerprint density at radius 3 is 2.80 bits per heavy atom. The molecule has 1 aromatic heterocycles. The van der Waals surface area contributed by atoms with E-state index in [0.29, 0.717) is 21.7 Å². The van der Waals surface area contributed by atoms with Gasteiger partial charge in [0, 0.05) is 23.1 Å². The van der Waals surface area contributed by atoms with Crippen LogP contribution in [0.2, 0.25) is 5.02 Å². The zero-order valence-electron chi connectivity index (χ0n) is 13.3. The Morgan fingerprint density at radius 2 is 1.96 bits per heavy atom. The largest absolute Gasteiger partial charge is 0.452 e. The number of anilines is 1. The van der Waals surface area contributed by atoms with E-state index in [1.165, 1.54) is 12.4 Å². The van der Waals surface area contributed by atoms with Crippen molar-refractivity contribution < 1.29 is 14.3 Å². The van der Waals surface area contributed by atoms with Crippen molar-refractivity contribution in [2.45, 2.75) is 6.92 Å². The first-order valence-corrected chi connectivity index (χ1v) is 7.85. The lowest BCUT2D eigenvalue weighted by Crippen LogP contribution is -2.21. The molecule has 0 atom stereocenters. The zero-order chi connectivity index (χ0) is 17.8. The highest BCUT2D eigenvalue weighted by Gasteiger charge is 2.15. The first kappa shape index (κ1) is 16.9. The maximum Gasteiger partial charge on any atom is 0.340 e. The van der Waals surface area contributed by atoms with Crippen molar-refractivity contribution in [3.63, 3.8) is 0 Å². The lowest BCUT2D eigenvalue weighted by molar-refractivity contribution is -0.119. The standard InChI is InChI=1S/C18H14ClN3O3/c1-11-5-6-12(19)9-15(11)22-16(23)10-25-18(24)13-3-2-4-14-17(13)21-8-7-20-14/h2-9H,10H2,1H3,(H,22,23). The average Bonchev–Trinajstić information content (AvgIpc) is 2.62. The Morgan fingerprint density at radius 1 is 1.16 bits per heavy atom. The molecule has 0 saturated carbocycles. The summed E-state index contributed by atoms with van der Waals surface area (Å²) < 4.78 is 5.09. The second-order valence-electron chi connectivity index (χ2n) is 5.31. The zero-order valence-corrected chi connectivity index (χ0v) is 14.1. The van der Waals surface area contributed by atoms with Gasteiger partial charge in [0.2, 0.25) is 0 Å². The Bertz CT molecular complexity index is 954. The van der Waals surface area contributed by atoms with Gasteiger partial charge in [0.05, 0.1) is 11.1 Å². The third kappa shape index (κ3) is 3.92. The summed E-state index contributed by atoms with van der Waals surface area (Å²) in [6.45, 7) is 1.42. The molecule has 0 saturated heterocycles. The second-order valence-corrected chi connectivity index (χ2v) is 5.75. The van der Waals surface area contributed by atoms with Crippen molar-refractivity contribution >= 4 is 40.2 Å². The fraction of sp³-hybridized carbons (Fsp3) is 0.111. The van der Waals surface area contributed by atoms with Crippen LogP contribution in [0.1, 0.15) is 15.9 Å². The van der Waals surface area contributed by atoms with Gasteiger partial charge in [-0.15, -0.1) is 0 Å². The van der Waals surface area contributed by atoms with Gasteiger partial charge in [0.1, 0.15) is 5.52 Å². The predicted molar refractivity (Wildman–Crippen MR) is 94.6 cm³/mol. The molecular weight excluding hydrogens is 342 g/mol. The van der Waals surface area contributed by atoms with Crippen molar-refractivity contribution in [3.8, 4) is 0 Å². The number of carbonyl (C=O) groups excluding carboxylic acids is 2. The van der Waals surface area contributed by atoms with Gasteiger partial charge >= 0.3 is 5.97 Å². The van der Waals surface area contributed by atoms with Gasteiger partial charge in [-0.1, -0.05) is 23.7 Å². The third-order valence-corrected chi connectivity index (χ3v) is 3.76. The molecule has 0 unspecified atom stereocenters. The van der Waals surface area contributed by atoms with Gasteiger partial charge in [-0.2, -0.15) is 0 Å². The molecule has 25 heavy (non-hydrogen) atoms. The number of carbonyl (C=O) groups is 2. The summed E-state index contributed by atoms with van der Waals surface area (Å²) in [5.41, 5.74) is 2.70. The molecule has 3 rings (SSSR count). The van der Waals surface area contributed by atoms with Crippen LogP contribution in [0.5, 0.6) is 0 Å². The minimum atomic E-state index is -0.635. The van der Waals surface area contributed by atoms with E-state index in [4.69, 9.17) is 16.3 Å². The summed E-state index contributed by atoms with van der Waals surface area (Å²) in [6, 6.07) is 10.2. The van der Waals surface area contributed by atoms with Gasteiger partial charge in [-0.05, 0) is 36.8 Å². The molecule has 7 heteroatoms. The molecule has 1 amide bonds. The number of nitrogens with zero attached hydrogens (tertiary/aromatic N) is 2. The lowest BCUT2D eigenvalue weighted by atomic mass is 10.2. The van der Waals surface area contributed by atoms with Crippen LogP contribution in [0.4, 0.5) is 5.69 Å². The molecule has 0 fully saturated rings. The molecule has 0 radical (unpaired) electrons. The van der Waals surface area contributed by atoms with Crippen molar-refractivity contribution in [2.24, 2.45) is 0 Å².